The highest BCUT2D eigenvalue weighted by Crippen LogP contribution is 2.22. The first-order valence-corrected chi connectivity index (χ1v) is 6.11. The van der Waals surface area contributed by atoms with Crippen molar-refractivity contribution in [3.63, 3.8) is 0 Å². The molecule has 0 spiro atoms. The molecule has 2 N–H and O–H groups in total. The van der Waals surface area contributed by atoms with Gasteiger partial charge in [-0.1, -0.05) is 24.3 Å². The van der Waals surface area contributed by atoms with Gasteiger partial charge in [0.15, 0.2) is 0 Å². The average molecular weight is 259 g/mol. The summed E-state index contributed by atoms with van der Waals surface area (Å²) in [6.07, 6.45) is 0. The highest BCUT2D eigenvalue weighted by Gasteiger charge is 2.15. The lowest BCUT2D eigenvalue weighted by Crippen LogP contribution is -2.30. The van der Waals surface area contributed by atoms with Crippen LogP contribution in [0.1, 0.15) is 10.5 Å². The quantitative estimate of drug-likeness (QED) is 0.869. The van der Waals surface area contributed by atoms with Crippen molar-refractivity contribution in [2.75, 3.05) is 32.6 Å². The number of nitrogens with one attached hydrogen (secondary N) is 1. The average Bonchev–Trinajstić information content (AvgIpc) is 2.45. The number of likely N-dealkylation sites (N-methyl/N-ethyl adjacent to an activating group) is 1. The molecule has 1 aromatic heterocycles. The number of carbonyl (C=O) groups excluding carboxylic acids is 1. The Morgan fingerprint density at radius 2 is 2.16 bits per heavy atom. The molecule has 5 heteroatoms. The summed E-state index contributed by atoms with van der Waals surface area (Å²) in [5.41, 5.74) is 0.374. The smallest absolute Gasteiger partial charge is 0.272 e. The van der Waals surface area contributed by atoms with Gasteiger partial charge >= 0.3 is 0 Å². The van der Waals surface area contributed by atoms with Crippen LogP contribution in [0.2, 0.25) is 0 Å². The van der Waals surface area contributed by atoms with E-state index in [9.17, 15) is 4.79 Å². The number of hydrogen-bond donors (Lipinski definition) is 2. The Labute approximate surface area is 111 Å². The van der Waals surface area contributed by atoms with Crippen LogP contribution >= 0.6 is 0 Å². The Balaban J connectivity index is 2.47. The number of hydrogen-bond acceptors (Lipinski definition) is 4. The van der Waals surface area contributed by atoms with Crippen LogP contribution < -0.4 is 5.32 Å². The molecular weight excluding hydrogens is 242 g/mol. The minimum absolute atomic E-state index is 0.0608. The van der Waals surface area contributed by atoms with Gasteiger partial charge in [-0.05, 0) is 11.5 Å². The molecule has 1 amide bonds. The predicted molar refractivity (Wildman–Crippen MR) is 75.3 cm³/mol. The summed E-state index contributed by atoms with van der Waals surface area (Å²) in [5, 5.41) is 13.8. The second-order valence-electron chi connectivity index (χ2n) is 4.28. The molecule has 1 heterocycles. The van der Waals surface area contributed by atoms with E-state index in [-0.39, 0.29) is 12.5 Å². The third-order valence-electron chi connectivity index (χ3n) is 2.98. The number of fused-ring (bicyclic) bond motifs is 1. The number of aromatic nitrogens is 1. The van der Waals surface area contributed by atoms with Crippen molar-refractivity contribution in [3.05, 3.63) is 36.0 Å². The van der Waals surface area contributed by atoms with E-state index in [1.807, 2.05) is 24.3 Å². The second kappa shape index (κ2) is 5.67. The molecule has 19 heavy (non-hydrogen) atoms. The number of amides is 1. The molecule has 0 aliphatic carbocycles. The van der Waals surface area contributed by atoms with Crippen molar-refractivity contribution in [1.29, 1.82) is 0 Å². The standard InChI is InChI=1S/C14H17N3O2/c1-15-13-11-6-4-3-5-10(11)9-12(16-13)14(19)17(2)7-8-18/h3-6,9,18H,7-8H2,1-2H3,(H,15,16). The van der Waals surface area contributed by atoms with E-state index < -0.39 is 0 Å². The molecule has 5 nitrogen and oxygen atoms in total. The van der Waals surface area contributed by atoms with Gasteiger partial charge in [-0.3, -0.25) is 4.79 Å². The Hall–Kier alpha value is -2.14. The highest BCUT2D eigenvalue weighted by atomic mass is 16.3. The van der Waals surface area contributed by atoms with E-state index in [0.717, 1.165) is 10.8 Å². The van der Waals surface area contributed by atoms with E-state index in [0.29, 0.717) is 18.1 Å². The third-order valence-corrected chi connectivity index (χ3v) is 2.98. The van der Waals surface area contributed by atoms with Gasteiger partial charge in [0.2, 0.25) is 0 Å². The highest BCUT2D eigenvalue weighted by molar-refractivity contribution is 6.00. The summed E-state index contributed by atoms with van der Waals surface area (Å²) in [6, 6.07) is 9.53. The lowest BCUT2D eigenvalue weighted by Gasteiger charge is -2.16. The first-order chi connectivity index (χ1) is 9.17. The molecule has 100 valence electrons. The molecule has 0 saturated heterocycles. The number of benzene rings is 1. The molecule has 0 atom stereocenters. The predicted octanol–water partition coefficient (Wildman–Crippen LogP) is 1.34. The molecule has 0 fully saturated rings. The summed E-state index contributed by atoms with van der Waals surface area (Å²) in [6.45, 7) is 0.233. The Morgan fingerprint density at radius 3 is 2.84 bits per heavy atom. The van der Waals surface area contributed by atoms with Gasteiger partial charge in [-0.2, -0.15) is 0 Å². The van der Waals surface area contributed by atoms with Crippen molar-refractivity contribution in [2.24, 2.45) is 0 Å². The number of nitrogens with zero attached hydrogens (tertiary/aromatic N) is 2. The summed E-state index contributed by atoms with van der Waals surface area (Å²) >= 11 is 0. The molecule has 0 unspecified atom stereocenters. The van der Waals surface area contributed by atoms with Gasteiger partial charge in [0, 0.05) is 26.0 Å². The van der Waals surface area contributed by atoms with Crippen LogP contribution in [0.5, 0.6) is 0 Å². The van der Waals surface area contributed by atoms with Crippen molar-refractivity contribution in [1.82, 2.24) is 9.88 Å². The molecule has 0 saturated carbocycles. The monoisotopic (exact) mass is 259 g/mol. The van der Waals surface area contributed by atoms with Gasteiger partial charge in [0.1, 0.15) is 11.5 Å². The van der Waals surface area contributed by atoms with Crippen LogP contribution in [-0.4, -0.2) is 48.1 Å². The number of aliphatic hydroxyl groups is 1. The number of aliphatic hydroxyl groups excluding tert-OH is 1. The van der Waals surface area contributed by atoms with Gasteiger partial charge in [-0.25, -0.2) is 4.98 Å². The lowest BCUT2D eigenvalue weighted by atomic mass is 10.1. The fraction of sp³-hybridized carbons (Fsp3) is 0.286. The van der Waals surface area contributed by atoms with E-state index in [4.69, 9.17) is 5.11 Å². The SMILES string of the molecule is CNc1nc(C(=O)N(C)CCO)cc2ccccc12. The van der Waals surface area contributed by atoms with Crippen LogP contribution in [0.25, 0.3) is 10.8 Å². The Morgan fingerprint density at radius 1 is 1.42 bits per heavy atom. The minimum Gasteiger partial charge on any atom is -0.395 e. The van der Waals surface area contributed by atoms with Gasteiger partial charge in [-0.15, -0.1) is 0 Å². The fourth-order valence-corrected chi connectivity index (χ4v) is 1.95. The molecule has 0 aliphatic rings. The zero-order chi connectivity index (χ0) is 13.8. The van der Waals surface area contributed by atoms with Gasteiger partial charge in [0.05, 0.1) is 6.61 Å². The molecule has 0 bridgehead atoms. The van der Waals surface area contributed by atoms with Crippen LogP contribution in [0.15, 0.2) is 30.3 Å². The summed E-state index contributed by atoms with van der Waals surface area (Å²) in [4.78, 5) is 18.0. The van der Waals surface area contributed by atoms with E-state index in [1.165, 1.54) is 4.90 Å². The second-order valence-corrected chi connectivity index (χ2v) is 4.28. The Kier molecular flexibility index (Phi) is 3.97. The van der Waals surface area contributed by atoms with Crippen molar-refractivity contribution in [3.8, 4) is 0 Å². The first-order valence-electron chi connectivity index (χ1n) is 6.11. The summed E-state index contributed by atoms with van der Waals surface area (Å²) < 4.78 is 0. The van der Waals surface area contributed by atoms with E-state index >= 15 is 0 Å². The minimum atomic E-state index is -0.198. The number of anilines is 1. The van der Waals surface area contributed by atoms with Crippen molar-refractivity contribution >= 4 is 22.5 Å². The third kappa shape index (κ3) is 2.66. The number of carbonyl (C=O) groups is 1. The summed E-state index contributed by atoms with van der Waals surface area (Å²) in [7, 11) is 3.43. The molecular formula is C14H17N3O2. The number of pyridine rings is 1. The van der Waals surface area contributed by atoms with Crippen molar-refractivity contribution in [2.45, 2.75) is 0 Å². The van der Waals surface area contributed by atoms with Crippen LogP contribution in [0.3, 0.4) is 0 Å². The van der Waals surface area contributed by atoms with Gasteiger partial charge < -0.3 is 15.3 Å². The maximum absolute atomic E-state index is 12.2. The van der Waals surface area contributed by atoms with Crippen molar-refractivity contribution < 1.29 is 9.90 Å². The van der Waals surface area contributed by atoms with Crippen LogP contribution in [0.4, 0.5) is 5.82 Å². The fourth-order valence-electron chi connectivity index (χ4n) is 1.95. The van der Waals surface area contributed by atoms with Gasteiger partial charge in [0.25, 0.3) is 5.91 Å². The molecule has 0 aliphatic heterocycles. The van der Waals surface area contributed by atoms with E-state index in [2.05, 4.69) is 10.3 Å². The maximum atomic E-state index is 12.2. The molecule has 1 aromatic carbocycles. The van der Waals surface area contributed by atoms with Crippen LogP contribution in [-0.2, 0) is 0 Å². The molecule has 2 aromatic rings. The maximum Gasteiger partial charge on any atom is 0.272 e. The topological polar surface area (TPSA) is 65.5 Å². The Bertz CT molecular complexity index is 598. The lowest BCUT2D eigenvalue weighted by molar-refractivity contribution is 0.0761. The van der Waals surface area contributed by atoms with Crippen LogP contribution in [0, 0.1) is 0 Å². The summed E-state index contributed by atoms with van der Waals surface area (Å²) in [5.74, 6) is 0.482. The normalized spacial score (nSPS) is 10.5. The van der Waals surface area contributed by atoms with E-state index in [1.54, 1.807) is 20.2 Å². The zero-order valence-electron chi connectivity index (χ0n) is 11.1. The molecule has 2 rings (SSSR count). The zero-order valence-corrected chi connectivity index (χ0v) is 11.1. The largest absolute Gasteiger partial charge is 0.395 e. The first kappa shape index (κ1) is 13.3. The number of rotatable bonds is 4. The molecule has 0 radical (unpaired) electrons.